The molecule has 0 unspecified atom stereocenters. The molecule has 0 amide bonds. The molecule has 1 fully saturated rings. The molecule has 1 aromatic carbocycles. The maximum atomic E-state index is 13.3. The smallest absolute Gasteiger partial charge is 0.137 e. The topological polar surface area (TPSA) is 21.3 Å². The zero-order chi connectivity index (χ0) is 12.8. The van der Waals surface area contributed by atoms with E-state index in [-0.39, 0.29) is 5.82 Å². The Morgan fingerprint density at radius 1 is 1.33 bits per heavy atom. The number of nitrogens with one attached hydrogen (secondary N) is 1. The molecule has 2 nitrogen and oxygen atoms in total. The van der Waals surface area contributed by atoms with E-state index in [4.69, 9.17) is 4.74 Å². The van der Waals surface area contributed by atoms with Crippen molar-refractivity contribution in [2.75, 3.05) is 13.2 Å². The van der Waals surface area contributed by atoms with Gasteiger partial charge < -0.3 is 10.1 Å². The standard InChI is InChI=1S/C14H19BrFNO/c15-14-11(4-3-7-13(14)16)10-17-8-9-18-12-5-1-2-6-12/h3-4,7,12,17H,1-2,5-6,8-10H2. The lowest BCUT2D eigenvalue weighted by Gasteiger charge is -2.12. The van der Waals surface area contributed by atoms with Crippen molar-refractivity contribution in [3.63, 3.8) is 0 Å². The molecule has 18 heavy (non-hydrogen) atoms. The molecule has 0 heterocycles. The first-order valence-electron chi connectivity index (χ1n) is 6.52. The van der Waals surface area contributed by atoms with Crippen LogP contribution in [0.3, 0.4) is 0 Å². The molecular formula is C14H19BrFNO. The minimum atomic E-state index is -0.212. The number of benzene rings is 1. The highest BCUT2D eigenvalue weighted by molar-refractivity contribution is 9.10. The van der Waals surface area contributed by atoms with Gasteiger partial charge in [-0.25, -0.2) is 4.39 Å². The van der Waals surface area contributed by atoms with Gasteiger partial charge in [0.2, 0.25) is 0 Å². The highest BCUT2D eigenvalue weighted by Gasteiger charge is 2.14. The first-order chi connectivity index (χ1) is 8.77. The van der Waals surface area contributed by atoms with Crippen LogP contribution in [-0.4, -0.2) is 19.3 Å². The van der Waals surface area contributed by atoms with E-state index in [2.05, 4.69) is 21.2 Å². The van der Waals surface area contributed by atoms with Crippen LogP contribution in [-0.2, 0) is 11.3 Å². The third-order valence-corrected chi connectivity index (χ3v) is 4.17. The van der Waals surface area contributed by atoms with Crippen molar-refractivity contribution in [3.8, 4) is 0 Å². The summed E-state index contributed by atoms with van der Waals surface area (Å²) in [7, 11) is 0. The molecular weight excluding hydrogens is 297 g/mol. The van der Waals surface area contributed by atoms with E-state index in [0.717, 1.165) is 18.7 Å². The van der Waals surface area contributed by atoms with Crippen molar-refractivity contribution < 1.29 is 9.13 Å². The van der Waals surface area contributed by atoms with Gasteiger partial charge in [0.1, 0.15) is 5.82 Å². The van der Waals surface area contributed by atoms with E-state index >= 15 is 0 Å². The molecule has 4 heteroatoms. The maximum absolute atomic E-state index is 13.3. The maximum Gasteiger partial charge on any atom is 0.137 e. The molecule has 1 N–H and O–H groups in total. The summed E-state index contributed by atoms with van der Waals surface area (Å²) in [6.07, 6.45) is 5.47. The second-order valence-corrected chi connectivity index (χ2v) is 5.46. The number of ether oxygens (including phenoxy) is 1. The van der Waals surface area contributed by atoms with Gasteiger partial charge in [0.15, 0.2) is 0 Å². The summed E-state index contributed by atoms with van der Waals surface area (Å²) in [4.78, 5) is 0. The molecule has 1 aliphatic rings. The van der Waals surface area contributed by atoms with Crippen molar-refractivity contribution >= 4 is 15.9 Å². The van der Waals surface area contributed by atoms with Gasteiger partial charge in [-0.1, -0.05) is 25.0 Å². The van der Waals surface area contributed by atoms with E-state index in [1.165, 1.54) is 31.7 Å². The fourth-order valence-corrected chi connectivity index (χ4v) is 2.67. The molecule has 0 atom stereocenters. The Morgan fingerprint density at radius 2 is 2.11 bits per heavy atom. The molecule has 1 aliphatic carbocycles. The SMILES string of the molecule is Fc1cccc(CNCCOC2CCCC2)c1Br. The second-order valence-electron chi connectivity index (χ2n) is 4.67. The third-order valence-electron chi connectivity index (χ3n) is 3.28. The largest absolute Gasteiger partial charge is 0.377 e. The number of halogens is 2. The fraction of sp³-hybridized carbons (Fsp3) is 0.571. The van der Waals surface area contributed by atoms with E-state index in [0.29, 0.717) is 17.1 Å². The quantitative estimate of drug-likeness (QED) is 0.809. The molecule has 0 spiro atoms. The van der Waals surface area contributed by atoms with Crippen molar-refractivity contribution in [2.24, 2.45) is 0 Å². The molecule has 0 bridgehead atoms. The van der Waals surface area contributed by atoms with Crippen molar-refractivity contribution in [3.05, 3.63) is 34.1 Å². The zero-order valence-corrected chi connectivity index (χ0v) is 12.0. The summed E-state index contributed by atoms with van der Waals surface area (Å²) in [5.41, 5.74) is 0.941. The highest BCUT2D eigenvalue weighted by Crippen LogP contribution is 2.21. The van der Waals surface area contributed by atoms with Crippen LogP contribution in [0.4, 0.5) is 4.39 Å². The van der Waals surface area contributed by atoms with E-state index in [1.54, 1.807) is 6.07 Å². The number of hydrogen-bond acceptors (Lipinski definition) is 2. The Kier molecular flexibility index (Phi) is 5.60. The number of rotatable bonds is 6. The van der Waals surface area contributed by atoms with Gasteiger partial charge >= 0.3 is 0 Å². The number of hydrogen-bond donors (Lipinski definition) is 1. The minimum absolute atomic E-state index is 0.212. The van der Waals surface area contributed by atoms with E-state index in [9.17, 15) is 4.39 Å². The normalized spacial score (nSPS) is 16.3. The van der Waals surface area contributed by atoms with Crippen LogP contribution in [0.15, 0.2) is 22.7 Å². The third kappa shape index (κ3) is 4.04. The van der Waals surface area contributed by atoms with Crippen molar-refractivity contribution in [1.29, 1.82) is 0 Å². The van der Waals surface area contributed by atoms with Crippen LogP contribution in [0, 0.1) is 5.82 Å². The molecule has 0 aromatic heterocycles. The summed E-state index contributed by atoms with van der Waals surface area (Å²) >= 11 is 3.26. The van der Waals surface area contributed by atoms with Gasteiger partial charge in [-0.15, -0.1) is 0 Å². The molecule has 0 saturated heterocycles. The lowest BCUT2D eigenvalue weighted by atomic mass is 10.2. The minimum Gasteiger partial charge on any atom is -0.377 e. The van der Waals surface area contributed by atoms with Gasteiger partial charge in [-0.3, -0.25) is 0 Å². The van der Waals surface area contributed by atoms with E-state index in [1.807, 2.05) is 6.07 Å². The molecule has 100 valence electrons. The first-order valence-corrected chi connectivity index (χ1v) is 7.32. The monoisotopic (exact) mass is 315 g/mol. The van der Waals surface area contributed by atoms with Crippen LogP contribution in [0.2, 0.25) is 0 Å². The summed E-state index contributed by atoms with van der Waals surface area (Å²) in [6.45, 7) is 2.20. The predicted molar refractivity (Wildman–Crippen MR) is 74.0 cm³/mol. The van der Waals surface area contributed by atoms with Gasteiger partial charge in [0.25, 0.3) is 0 Å². The van der Waals surface area contributed by atoms with Crippen molar-refractivity contribution in [2.45, 2.75) is 38.3 Å². The fourth-order valence-electron chi connectivity index (χ4n) is 2.26. The lowest BCUT2D eigenvalue weighted by Crippen LogP contribution is -2.22. The molecule has 0 radical (unpaired) electrons. The second kappa shape index (κ2) is 7.22. The Bertz CT molecular complexity index is 380. The van der Waals surface area contributed by atoms with Gasteiger partial charge in [-0.2, -0.15) is 0 Å². The van der Waals surface area contributed by atoms with Gasteiger partial charge in [-0.05, 0) is 40.4 Å². The lowest BCUT2D eigenvalue weighted by molar-refractivity contribution is 0.0602. The first kappa shape index (κ1) is 14.0. The summed E-state index contributed by atoms with van der Waals surface area (Å²) in [5, 5.41) is 3.27. The average molecular weight is 316 g/mol. The summed E-state index contributed by atoms with van der Waals surface area (Å²) in [6, 6.07) is 5.10. The molecule has 2 rings (SSSR count). The summed E-state index contributed by atoms with van der Waals surface area (Å²) in [5.74, 6) is -0.212. The van der Waals surface area contributed by atoms with Crippen LogP contribution in [0.25, 0.3) is 0 Å². The highest BCUT2D eigenvalue weighted by atomic mass is 79.9. The van der Waals surface area contributed by atoms with Gasteiger partial charge in [0, 0.05) is 13.1 Å². The average Bonchev–Trinajstić information content (AvgIpc) is 2.87. The Labute approximate surface area is 116 Å². The predicted octanol–water partition coefficient (Wildman–Crippen LogP) is 3.64. The zero-order valence-electron chi connectivity index (χ0n) is 10.4. The summed E-state index contributed by atoms with van der Waals surface area (Å²) < 4.78 is 19.6. The molecule has 1 aromatic rings. The van der Waals surface area contributed by atoms with Crippen LogP contribution >= 0.6 is 15.9 Å². The van der Waals surface area contributed by atoms with Crippen LogP contribution < -0.4 is 5.32 Å². The molecule has 1 saturated carbocycles. The molecule has 0 aliphatic heterocycles. The van der Waals surface area contributed by atoms with Crippen molar-refractivity contribution in [1.82, 2.24) is 5.32 Å². The van der Waals surface area contributed by atoms with Crippen LogP contribution in [0.5, 0.6) is 0 Å². The van der Waals surface area contributed by atoms with Crippen LogP contribution in [0.1, 0.15) is 31.2 Å². The Hall–Kier alpha value is -0.450. The Balaban J connectivity index is 1.64. The Morgan fingerprint density at radius 3 is 2.89 bits per heavy atom. The van der Waals surface area contributed by atoms with Gasteiger partial charge in [0.05, 0.1) is 17.2 Å². The van der Waals surface area contributed by atoms with E-state index < -0.39 is 0 Å².